The molecule has 146 valence electrons. The number of nitrogens with zero attached hydrogens (tertiary/aromatic N) is 3. The van der Waals surface area contributed by atoms with Crippen LogP contribution in [0.5, 0.6) is 5.75 Å². The molecule has 0 amide bonds. The highest BCUT2D eigenvalue weighted by atomic mass is 19.2. The summed E-state index contributed by atoms with van der Waals surface area (Å²) in [4.78, 5) is 13.5. The smallest absolute Gasteiger partial charge is 0.180 e. The number of nitrogens with one attached hydrogen (secondary N) is 1. The Hall–Kier alpha value is -3.61. The molecular formula is C22H18F2N4O. The highest BCUT2D eigenvalue weighted by molar-refractivity contribution is 5.97. The van der Waals surface area contributed by atoms with Crippen LogP contribution in [0.15, 0.2) is 54.7 Å². The van der Waals surface area contributed by atoms with Gasteiger partial charge in [-0.2, -0.15) is 0 Å². The molecule has 0 spiro atoms. The van der Waals surface area contributed by atoms with Crippen LogP contribution in [0, 0.1) is 11.6 Å². The molecule has 0 bridgehead atoms. The lowest BCUT2D eigenvalue weighted by Crippen LogP contribution is -2.02. The second kappa shape index (κ2) is 7.79. The first-order valence-corrected chi connectivity index (χ1v) is 9.14. The average molecular weight is 392 g/mol. The first-order chi connectivity index (χ1) is 14.1. The summed E-state index contributed by atoms with van der Waals surface area (Å²) in [7, 11) is 1.74. The first kappa shape index (κ1) is 18.7. The Balaban J connectivity index is 2.00. The fraction of sp³-hybridized carbons (Fsp3) is 0.136. The number of fused-ring (bicyclic) bond motifs is 1. The molecule has 29 heavy (non-hydrogen) atoms. The number of aromatic nitrogens is 3. The molecule has 1 N–H and O–H groups in total. The van der Waals surface area contributed by atoms with Gasteiger partial charge < -0.3 is 10.1 Å². The van der Waals surface area contributed by atoms with E-state index < -0.39 is 11.6 Å². The van der Waals surface area contributed by atoms with Gasteiger partial charge in [0.15, 0.2) is 17.5 Å². The molecule has 2 aromatic heterocycles. The molecule has 4 rings (SSSR count). The summed E-state index contributed by atoms with van der Waals surface area (Å²) < 4.78 is 34.0. The third kappa shape index (κ3) is 3.47. The van der Waals surface area contributed by atoms with Gasteiger partial charge in [0.1, 0.15) is 22.8 Å². The number of ether oxygens (including phenoxy) is 1. The summed E-state index contributed by atoms with van der Waals surface area (Å²) in [5.74, 6) is -0.384. The lowest BCUT2D eigenvalue weighted by molar-refractivity contribution is 0.344. The van der Waals surface area contributed by atoms with E-state index in [2.05, 4.69) is 20.3 Å². The van der Waals surface area contributed by atoms with Gasteiger partial charge in [-0.1, -0.05) is 18.2 Å². The molecule has 0 fully saturated rings. The maximum absolute atomic E-state index is 14.4. The number of hydrogen-bond acceptors (Lipinski definition) is 5. The summed E-state index contributed by atoms with van der Waals surface area (Å²) in [5, 5.41) is 3.69. The van der Waals surface area contributed by atoms with Crippen molar-refractivity contribution in [1.29, 1.82) is 0 Å². The molecule has 7 heteroatoms. The number of rotatable bonds is 5. The molecule has 0 saturated carbocycles. The standard InChI is InChI=1S/C22H18F2N4O/c1-3-29-18-12-13(14-7-6-8-16(23)19(14)24)11-15-20(18)27-22(28-21(15)25-2)17-9-4-5-10-26-17/h4-12H,3H2,1-2H3,(H,25,27,28). The largest absolute Gasteiger partial charge is 0.492 e. The van der Waals surface area contributed by atoms with E-state index in [0.29, 0.717) is 46.2 Å². The SMILES string of the molecule is CCOc1cc(-c2cccc(F)c2F)cc2c(NC)nc(-c3ccccn3)nc12. The minimum absolute atomic E-state index is 0.142. The second-order valence-corrected chi connectivity index (χ2v) is 6.27. The molecule has 5 nitrogen and oxygen atoms in total. The fourth-order valence-corrected chi connectivity index (χ4v) is 3.15. The van der Waals surface area contributed by atoms with Crippen molar-refractivity contribution in [3.63, 3.8) is 0 Å². The third-order valence-electron chi connectivity index (χ3n) is 4.46. The molecule has 2 aromatic carbocycles. The normalized spacial score (nSPS) is 10.9. The lowest BCUT2D eigenvalue weighted by Gasteiger charge is -2.14. The van der Waals surface area contributed by atoms with Crippen LogP contribution >= 0.6 is 0 Å². The molecule has 0 radical (unpaired) electrons. The Bertz CT molecular complexity index is 1180. The number of benzene rings is 2. The Labute approximate surface area is 166 Å². The van der Waals surface area contributed by atoms with Crippen LogP contribution in [0.4, 0.5) is 14.6 Å². The Morgan fingerprint density at radius 3 is 2.62 bits per heavy atom. The zero-order chi connectivity index (χ0) is 20.4. The third-order valence-corrected chi connectivity index (χ3v) is 4.46. The molecular weight excluding hydrogens is 374 g/mol. The quantitative estimate of drug-likeness (QED) is 0.513. The van der Waals surface area contributed by atoms with Crippen molar-refractivity contribution in [2.75, 3.05) is 19.0 Å². The van der Waals surface area contributed by atoms with Gasteiger partial charge in [0.2, 0.25) is 0 Å². The van der Waals surface area contributed by atoms with Crippen LogP contribution in [-0.4, -0.2) is 28.6 Å². The summed E-state index contributed by atoms with van der Waals surface area (Å²) in [6.45, 7) is 2.24. The highest BCUT2D eigenvalue weighted by Crippen LogP contribution is 2.36. The molecule has 0 aliphatic rings. The van der Waals surface area contributed by atoms with E-state index in [-0.39, 0.29) is 5.56 Å². The lowest BCUT2D eigenvalue weighted by atomic mass is 10.0. The molecule has 4 aromatic rings. The van der Waals surface area contributed by atoms with E-state index in [1.165, 1.54) is 12.1 Å². The van der Waals surface area contributed by atoms with Crippen LogP contribution in [0.3, 0.4) is 0 Å². The molecule has 0 aliphatic carbocycles. The minimum Gasteiger partial charge on any atom is -0.492 e. The van der Waals surface area contributed by atoms with E-state index in [4.69, 9.17) is 4.74 Å². The maximum Gasteiger partial charge on any atom is 0.180 e. The molecule has 0 unspecified atom stereocenters. The number of anilines is 1. The van der Waals surface area contributed by atoms with Gasteiger partial charge in [-0.25, -0.2) is 18.7 Å². The summed E-state index contributed by atoms with van der Waals surface area (Å²) >= 11 is 0. The fourth-order valence-electron chi connectivity index (χ4n) is 3.15. The Morgan fingerprint density at radius 2 is 1.90 bits per heavy atom. The van der Waals surface area contributed by atoms with Crippen LogP contribution < -0.4 is 10.1 Å². The molecule has 0 atom stereocenters. The predicted molar refractivity (Wildman–Crippen MR) is 109 cm³/mol. The van der Waals surface area contributed by atoms with E-state index in [9.17, 15) is 8.78 Å². The molecule has 0 aliphatic heterocycles. The highest BCUT2D eigenvalue weighted by Gasteiger charge is 2.18. The van der Waals surface area contributed by atoms with Crippen molar-refractivity contribution in [2.24, 2.45) is 0 Å². The van der Waals surface area contributed by atoms with Gasteiger partial charge in [0, 0.05) is 24.2 Å². The van der Waals surface area contributed by atoms with Crippen molar-refractivity contribution in [3.8, 4) is 28.4 Å². The van der Waals surface area contributed by atoms with E-state index >= 15 is 0 Å². The van der Waals surface area contributed by atoms with Gasteiger partial charge in [-0.3, -0.25) is 4.98 Å². The van der Waals surface area contributed by atoms with Crippen LogP contribution in [0.1, 0.15) is 6.92 Å². The Kier molecular flexibility index (Phi) is 5.03. The van der Waals surface area contributed by atoms with Crippen LogP contribution in [0.2, 0.25) is 0 Å². The Morgan fingerprint density at radius 1 is 1.03 bits per heavy atom. The van der Waals surface area contributed by atoms with E-state index in [0.717, 1.165) is 6.07 Å². The van der Waals surface area contributed by atoms with Crippen molar-refractivity contribution in [3.05, 3.63) is 66.4 Å². The second-order valence-electron chi connectivity index (χ2n) is 6.27. The number of pyridine rings is 1. The number of hydrogen-bond donors (Lipinski definition) is 1. The van der Waals surface area contributed by atoms with Gasteiger partial charge in [0.05, 0.1) is 6.61 Å². The van der Waals surface area contributed by atoms with E-state index in [1.807, 2.05) is 25.1 Å². The van der Waals surface area contributed by atoms with Gasteiger partial charge in [-0.15, -0.1) is 0 Å². The predicted octanol–water partition coefficient (Wildman–Crippen LogP) is 5.08. The zero-order valence-corrected chi connectivity index (χ0v) is 15.9. The summed E-state index contributed by atoms with van der Waals surface area (Å²) in [5.41, 5.74) is 1.80. The van der Waals surface area contributed by atoms with Crippen molar-refractivity contribution in [2.45, 2.75) is 6.92 Å². The maximum atomic E-state index is 14.4. The van der Waals surface area contributed by atoms with Gasteiger partial charge in [0.25, 0.3) is 0 Å². The van der Waals surface area contributed by atoms with E-state index in [1.54, 1.807) is 25.4 Å². The summed E-state index contributed by atoms with van der Waals surface area (Å²) in [6, 6.07) is 13.0. The van der Waals surface area contributed by atoms with Gasteiger partial charge in [-0.05, 0) is 42.8 Å². The van der Waals surface area contributed by atoms with Crippen molar-refractivity contribution in [1.82, 2.24) is 15.0 Å². The molecule has 2 heterocycles. The first-order valence-electron chi connectivity index (χ1n) is 9.14. The summed E-state index contributed by atoms with van der Waals surface area (Å²) in [6.07, 6.45) is 1.67. The van der Waals surface area contributed by atoms with Crippen LogP contribution in [-0.2, 0) is 0 Å². The zero-order valence-electron chi connectivity index (χ0n) is 15.9. The van der Waals surface area contributed by atoms with Crippen molar-refractivity contribution >= 4 is 16.7 Å². The monoisotopic (exact) mass is 392 g/mol. The average Bonchev–Trinajstić information content (AvgIpc) is 2.75. The molecule has 0 saturated heterocycles. The topological polar surface area (TPSA) is 59.9 Å². The van der Waals surface area contributed by atoms with Crippen LogP contribution in [0.25, 0.3) is 33.5 Å². The number of halogens is 2. The van der Waals surface area contributed by atoms with Crippen molar-refractivity contribution < 1.29 is 13.5 Å². The minimum atomic E-state index is -0.911. The van der Waals surface area contributed by atoms with Gasteiger partial charge >= 0.3 is 0 Å².